The monoisotopic (exact) mass is 421 g/mol. The summed E-state index contributed by atoms with van der Waals surface area (Å²) in [6.07, 6.45) is 0.947. The Morgan fingerprint density at radius 2 is 1.81 bits per heavy atom. The van der Waals surface area contributed by atoms with Gasteiger partial charge in [-0.3, -0.25) is 4.79 Å². The lowest BCUT2D eigenvalue weighted by Crippen LogP contribution is -2.92. The van der Waals surface area contributed by atoms with Gasteiger partial charge in [0.05, 0.1) is 0 Å². The summed E-state index contributed by atoms with van der Waals surface area (Å²) in [5.74, 6) is 0.839. The Kier molecular flexibility index (Phi) is 6.18. The van der Waals surface area contributed by atoms with Gasteiger partial charge in [0.15, 0.2) is 17.5 Å². The first-order valence-electron chi connectivity index (χ1n) is 10.4. The van der Waals surface area contributed by atoms with E-state index in [9.17, 15) is 9.18 Å². The highest BCUT2D eigenvalue weighted by molar-refractivity contribution is 5.93. The Morgan fingerprint density at radius 1 is 1.03 bits per heavy atom. The second-order valence-electron chi connectivity index (χ2n) is 7.67. The number of carbonyl (C=O) groups is 1. The standard InChI is InChI=1S/C25H25FN2O3/c1-3-17-7-9-18(10-8-17)24(19-5-4-6-20(26)13-19)27-16(2)25(29)28-21-11-12-22-23(14-21)31-15-30-22/h4-14,16,24,27H,3,15H2,1-2H3,(H,28,29)/p+1/t16-,24-/m1/s1. The number of carbonyl (C=O) groups excluding carboxylic acids is 1. The zero-order valence-electron chi connectivity index (χ0n) is 17.6. The van der Waals surface area contributed by atoms with Gasteiger partial charge in [-0.2, -0.15) is 0 Å². The quantitative estimate of drug-likeness (QED) is 0.610. The van der Waals surface area contributed by atoms with Crippen LogP contribution in [-0.2, 0) is 11.2 Å². The van der Waals surface area contributed by atoms with E-state index < -0.39 is 6.04 Å². The van der Waals surface area contributed by atoms with E-state index in [0.717, 1.165) is 17.5 Å². The van der Waals surface area contributed by atoms with Gasteiger partial charge in [-0.25, -0.2) is 4.39 Å². The molecule has 0 unspecified atom stereocenters. The average Bonchev–Trinajstić information content (AvgIpc) is 3.25. The van der Waals surface area contributed by atoms with Crippen LogP contribution in [0.1, 0.15) is 36.6 Å². The topological polar surface area (TPSA) is 64.2 Å². The first kappa shape index (κ1) is 20.9. The Bertz CT molecular complexity index is 1070. The number of ether oxygens (including phenoxy) is 2. The third-order valence-corrected chi connectivity index (χ3v) is 5.49. The van der Waals surface area contributed by atoms with Gasteiger partial charge < -0.3 is 20.1 Å². The van der Waals surface area contributed by atoms with Crippen LogP contribution < -0.4 is 20.1 Å². The summed E-state index contributed by atoms with van der Waals surface area (Å²) in [4.78, 5) is 12.9. The molecule has 3 aromatic rings. The van der Waals surface area contributed by atoms with Crippen LogP contribution in [0.2, 0.25) is 0 Å². The predicted octanol–water partition coefficient (Wildman–Crippen LogP) is 3.80. The number of rotatable bonds is 7. The van der Waals surface area contributed by atoms with Crippen molar-refractivity contribution in [2.24, 2.45) is 0 Å². The van der Waals surface area contributed by atoms with Crippen molar-refractivity contribution in [3.8, 4) is 11.5 Å². The number of nitrogens with two attached hydrogens (primary N) is 1. The summed E-state index contributed by atoms with van der Waals surface area (Å²) in [7, 11) is 0. The van der Waals surface area contributed by atoms with Crippen molar-refractivity contribution in [2.45, 2.75) is 32.4 Å². The maximum absolute atomic E-state index is 13.9. The molecule has 0 bridgehead atoms. The summed E-state index contributed by atoms with van der Waals surface area (Å²) in [5, 5.41) is 4.89. The molecule has 3 aromatic carbocycles. The third kappa shape index (κ3) is 4.86. The number of hydrogen-bond acceptors (Lipinski definition) is 3. The van der Waals surface area contributed by atoms with E-state index >= 15 is 0 Å². The first-order chi connectivity index (χ1) is 15.0. The van der Waals surface area contributed by atoms with Crippen LogP contribution in [-0.4, -0.2) is 18.7 Å². The number of aryl methyl sites for hydroxylation is 1. The van der Waals surface area contributed by atoms with Gasteiger partial charge in [0, 0.05) is 22.9 Å². The second-order valence-corrected chi connectivity index (χ2v) is 7.67. The maximum atomic E-state index is 13.9. The Balaban J connectivity index is 1.53. The minimum absolute atomic E-state index is 0.148. The van der Waals surface area contributed by atoms with Crippen LogP contribution in [0.5, 0.6) is 11.5 Å². The first-order valence-corrected chi connectivity index (χ1v) is 10.4. The molecule has 160 valence electrons. The van der Waals surface area contributed by atoms with E-state index in [0.29, 0.717) is 17.2 Å². The van der Waals surface area contributed by atoms with E-state index in [4.69, 9.17) is 9.47 Å². The molecular weight excluding hydrogens is 395 g/mol. The SMILES string of the molecule is CCc1ccc([C@@H]([NH2+][C@H](C)C(=O)Nc2ccc3c(c2)OCO3)c2cccc(F)c2)cc1. The number of amides is 1. The van der Waals surface area contributed by atoms with Gasteiger partial charge in [-0.05, 0) is 43.2 Å². The lowest BCUT2D eigenvalue weighted by molar-refractivity contribution is -0.704. The Labute approximate surface area is 181 Å². The fraction of sp³-hybridized carbons (Fsp3) is 0.240. The lowest BCUT2D eigenvalue weighted by Gasteiger charge is -2.21. The van der Waals surface area contributed by atoms with Crippen LogP contribution in [0.4, 0.5) is 10.1 Å². The average molecular weight is 421 g/mol. The van der Waals surface area contributed by atoms with Crippen molar-refractivity contribution in [3.05, 3.63) is 89.2 Å². The smallest absolute Gasteiger partial charge is 0.282 e. The summed E-state index contributed by atoms with van der Waals surface area (Å²) in [6, 6.07) is 19.5. The molecule has 0 saturated carbocycles. The van der Waals surface area contributed by atoms with E-state index in [-0.39, 0.29) is 24.6 Å². The number of halogens is 1. The van der Waals surface area contributed by atoms with Crippen LogP contribution in [0.25, 0.3) is 0 Å². The number of hydrogen-bond donors (Lipinski definition) is 2. The molecule has 4 rings (SSSR count). The van der Waals surface area contributed by atoms with E-state index in [2.05, 4.69) is 24.4 Å². The van der Waals surface area contributed by atoms with E-state index in [1.54, 1.807) is 24.3 Å². The number of quaternary nitrogens is 1. The lowest BCUT2D eigenvalue weighted by atomic mass is 9.96. The number of fused-ring (bicyclic) bond motifs is 1. The van der Waals surface area contributed by atoms with E-state index in [1.807, 2.05) is 30.4 Å². The van der Waals surface area contributed by atoms with Crippen molar-refractivity contribution in [2.75, 3.05) is 12.1 Å². The molecule has 0 fully saturated rings. The third-order valence-electron chi connectivity index (χ3n) is 5.49. The molecular formula is C25H26FN2O3+. The maximum Gasteiger partial charge on any atom is 0.282 e. The van der Waals surface area contributed by atoms with Gasteiger partial charge in [-0.15, -0.1) is 0 Å². The Hall–Kier alpha value is -3.38. The van der Waals surface area contributed by atoms with Crippen LogP contribution in [0.15, 0.2) is 66.7 Å². The molecule has 1 aliphatic rings. The predicted molar refractivity (Wildman–Crippen MR) is 117 cm³/mol. The molecule has 1 amide bonds. The molecule has 3 N–H and O–H groups in total. The summed E-state index contributed by atoms with van der Waals surface area (Å²) >= 11 is 0. The van der Waals surface area contributed by atoms with Crippen molar-refractivity contribution >= 4 is 11.6 Å². The van der Waals surface area contributed by atoms with Crippen LogP contribution in [0, 0.1) is 5.82 Å². The number of anilines is 1. The molecule has 5 nitrogen and oxygen atoms in total. The molecule has 1 aliphatic heterocycles. The van der Waals surface area contributed by atoms with Crippen LogP contribution >= 0.6 is 0 Å². The molecule has 0 aromatic heterocycles. The fourth-order valence-corrected chi connectivity index (χ4v) is 3.68. The molecule has 2 atom stereocenters. The van der Waals surface area contributed by atoms with Gasteiger partial charge >= 0.3 is 0 Å². The molecule has 0 aliphatic carbocycles. The second kappa shape index (κ2) is 9.18. The highest BCUT2D eigenvalue weighted by atomic mass is 19.1. The van der Waals surface area contributed by atoms with Gasteiger partial charge in [-0.1, -0.05) is 43.3 Å². The fourth-order valence-electron chi connectivity index (χ4n) is 3.68. The number of benzene rings is 3. The van der Waals surface area contributed by atoms with E-state index in [1.165, 1.54) is 17.7 Å². The molecule has 6 heteroatoms. The normalized spacial score (nSPS) is 14.2. The molecule has 0 spiro atoms. The Morgan fingerprint density at radius 3 is 2.55 bits per heavy atom. The van der Waals surface area contributed by atoms with Gasteiger partial charge in [0.2, 0.25) is 6.79 Å². The summed E-state index contributed by atoms with van der Waals surface area (Å²) in [5.41, 5.74) is 3.71. The largest absolute Gasteiger partial charge is 0.454 e. The highest BCUT2D eigenvalue weighted by Gasteiger charge is 2.26. The van der Waals surface area contributed by atoms with Crippen molar-refractivity contribution in [3.63, 3.8) is 0 Å². The summed E-state index contributed by atoms with van der Waals surface area (Å²) < 4.78 is 24.6. The van der Waals surface area contributed by atoms with Crippen molar-refractivity contribution < 1.29 is 24.0 Å². The van der Waals surface area contributed by atoms with Crippen molar-refractivity contribution in [1.29, 1.82) is 0 Å². The highest BCUT2D eigenvalue weighted by Crippen LogP contribution is 2.34. The zero-order valence-corrected chi connectivity index (χ0v) is 17.6. The number of nitrogens with one attached hydrogen (secondary N) is 1. The van der Waals surface area contributed by atoms with Gasteiger partial charge in [0.25, 0.3) is 5.91 Å². The molecule has 1 heterocycles. The summed E-state index contributed by atoms with van der Waals surface area (Å²) in [6.45, 7) is 4.13. The zero-order chi connectivity index (χ0) is 21.8. The molecule has 31 heavy (non-hydrogen) atoms. The van der Waals surface area contributed by atoms with Gasteiger partial charge in [0.1, 0.15) is 11.9 Å². The minimum atomic E-state index is -0.412. The van der Waals surface area contributed by atoms with Crippen LogP contribution in [0.3, 0.4) is 0 Å². The molecule has 0 saturated heterocycles. The minimum Gasteiger partial charge on any atom is -0.454 e. The van der Waals surface area contributed by atoms with Crippen molar-refractivity contribution in [1.82, 2.24) is 0 Å². The molecule has 0 radical (unpaired) electrons.